The maximum atomic E-state index is 12.0. The standard InChI is InChI=1S/C22H31NO2/c1-22-9-2-5-20(22)21-15(4-3-11-25-14-23)12-16-13-17(24)6-7-18(16)19(21)8-10-22/h13,15,18-21H,2-12H2,1H3. The van der Waals surface area contributed by atoms with Crippen LogP contribution in [-0.2, 0) is 9.53 Å². The number of hydrogen-bond donors (Lipinski definition) is 0. The lowest BCUT2D eigenvalue weighted by atomic mass is 9.49. The summed E-state index contributed by atoms with van der Waals surface area (Å²) in [5.41, 5.74) is 2.03. The van der Waals surface area contributed by atoms with Gasteiger partial charge in [-0.25, -0.2) is 0 Å². The highest BCUT2D eigenvalue weighted by Crippen LogP contribution is 2.63. The van der Waals surface area contributed by atoms with Gasteiger partial charge in [0.25, 0.3) is 6.26 Å². The molecule has 6 unspecified atom stereocenters. The molecule has 25 heavy (non-hydrogen) atoms. The molecule has 0 heterocycles. The zero-order chi connectivity index (χ0) is 17.4. The zero-order valence-corrected chi connectivity index (χ0v) is 15.5. The van der Waals surface area contributed by atoms with Crippen molar-refractivity contribution in [2.75, 3.05) is 6.61 Å². The molecule has 0 N–H and O–H groups in total. The van der Waals surface area contributed by atoms with Crippen molar-refractivity contribution in [1.82, 2.24) is 0 Å². The molecular formula is C22H31NO2. The number of carbonyl (C=O) groups excluding carboxylic acids is 1. The molecule has 136 valence electrons. The average Bonchev–Trinajstić information content (AvgIpc) is 2.99. The molecule has 0 amide bonds. The first-order chi connectivity index (χ1) is 12.1. The molecule has 4 aliphatic rings. The molecule has 0 bridgehead atoms. The molecule has 3 heteroatoms. The largest absolute Gasteiger partial charge is 0.428 e. The Kier molecular flexibility index (Phi) is 4.65. The maximum Gasteiger partial charge on any atom is 0.286 e. The summed E-state index contributed by atoms with van der Waals surface area (Å²) in [6.07, 6.45) is 15.9. The van der Waals surface area contributed by atoms with Crippen LogP contribution in [0.1, 0.15) is 71.1 Å². The third kappa shape index (κ3) is 3.03. The number of nitriles is 1. The Hall–Kier alpha value is -1.30. The monoisotopic (exact) mass is 341 g/mol. The molecule has 0 aliphatic heterocycles. The smallest absolute Gasteiger partial charge is 0.286 e. The fraction of sp³-hybridized carbons (Fsp3) is 0.818. The molecule has 0 aromatic rings. The molecule has 4 aliphatic carbocycles. The van der Waals surface area contributed by atoms with Crippen molar-refractivity contribution in [1.29, 1.82) is 5.26 Å². The van der Waals surface area contributed by atoms with E-state index in [0.717, 1.165) is 49.9 Å². The van der Waals surface area contributed by atoms with Gasteiger partial charge in [0.1, 0.15) is 6.61 Å². The third-order valence-corrected chi connectivity index (χ3v) is 8.14. The average molecular weight is 341 g/mol. The number of nitrogens with zero attached hydrogens (tertiary/aromatic N) is 1. The summed E-state index contributed by atoms with van der Waals surface area (Å²) < 4.78 is 4.93. The highest BCUT2D eigenvalue weighted by Gasteiger charge is 2.55. The molecule has 0 spiro atoms. The van der Waals surface area contributed by atoms with Gasteiger partial charge in [0, 0.05) is 6.42 Å². The number of hydrogen-bond acceptors (Lipinski definition) is 3. The molecule has 0 saturated heterocycles. The van der Waals surface area contributed by atoms with Gasteiger partial charge < -0.3 is 4.74 Å². The number of ketones is 1. The minimum atomic E-state index is 0.345. The first-order valence-electron chi connectivity index (χ1n) is 10.4. The van der Waals surface area contributed by atoms with Crippen LogP contribution in [0.15, 0.2) is 11.6 Å². The number of carbonyl (C=O) groups is 1. The van der Waals surface area contributed by atoms with Crippen molar-refractivity contribution >= 4 is 5.78 Å². The van der Waals surface area contributed by atoms with Gasteiger partial charge in [-0.1, -0.05) is 18.9 Å². The Morgan fingerprint density at radius 1 is 1.32 bits per heavy atom. The minimum Gasteiger partial charge on any atom is -0.428 e. The molecule has 4 rings (SSSR count). The van der Waals surface area contributed by atoms with Crippen molar-refractivity contribution in [3.8, 4) is 6.26 Å². The Bertz CT molecular complexity index is 604. The summed E-state index contributed by atoms with van der Waals surface area (Å²) in [4.78, 5) is 12.0. The van der Waals surface area contributed by atoms with Gasteiger partial charge in [-0.3, -0.25) is 4.79 Å². The van der Waals surface area contributed by atoms with Crippen LogP contribution in [0, 0.1) is 46.5 Å². The first kappa shape index (κ1) is 17.1. The van der Waals surface area contributed by atoms with Gasteiger partial charge in [0.2, 0.25) is 0 Å². The lowest BCUT2D eigenvalue weighted by molar-refractivity contribution is -0.116. The highest BCUT2D eigenvalue weighted by molar-refractivity contribution is 5.91. The summed E-state index contributed by atoms with van der Waals surface area (Å²) in [6, 6.07) is 0. The second-order valence-corrected chi connectivity index (χ2v) is 9.31. The number of rotatable bonds is 4. The van der Waals surface area contributed by atoms with E-state index in [0.29, 0.717) is 29.6 Å². The van der Waals surface area contributed by atoms with Gasteiger partial charge in [-0.2, -0.15) is 5.26 Å². The fourth-order valence-electron chi connectivity index (χ4n) is 7.13. The van der Waals surface area contributed by atoms with Crippen LogP contribution in [0.3, 0.4) is 0 Å². The van der Waals surface area contributed by atoms with Crippen molar-refractivity contribution in [3.63, 3.8) is 0 Å². The van der Waals surface area contributed by atoms with E-state index in [1.807, 2.05) is 6.08 Å². The summed E-state index contributed by atoms with van der Waals surface area (Å²) in [6.45, 7) is 3.10. The molecule has 0 aromatic heterocycles. The van der Waals surface area contributed by atoms with Gasteiger partial charge in [-0.05, 0) is 92.4 Å². The topological polar surface area (TPSA) is 50.1 Å². The van der Waals surface area contributed by atoms with E-state index in [-0.39, 0.29) is 0 Å². The molecule has 0 aromatic carbocycles. The minimum absolute atomic E-state index is 0.345. The molecular weight excluding hydrogens is 310 g/mol. The van der Waals surface area contributed by atoms with Crippen LogP contribution in [-0.4, -0.2) is 12.4 Å². The quantitative estimate of drug-likeness (QED) is 0.533. The predicted octanol–water partition coefficient (Wildman–Crippen LogP) is 5.02. The Labute approximate surface area is 151 Å². The van der Waals surface area contributed by atoms with Crippen molar-refractivity contribution in [2.45, 2.75) is 71.1 Å². The van der Waals surface area contributed by atoms with Crippen molar-refractivity contribution < 1.29 is 9.53 Å². The third-order valence-electron chi connectivity index (χ3n) is 8.14. The van der Waals surface area contributed by atoms with Gasteiger partial charge in [0.15, 0.2) is 5.78 Å². The van der Waals surface area contributed by atoms with E-state index < -0.39 is 0 Å². The van der Waals surface area contributed by atoms with Crippen LogP contribution < -0.4 is 0 Å². The van der Waals surface area contributed by atoms with E-state index in [9.17, 15) is 4.79 Å². The second-order valence-electron chi connectivity index (χ2n) is 9.31. The van der Waals surface area contributed by atoms with Crippen molar-refractivity contribution in [2.24, 2.45) is 35.0 Å². The van der Waals surface area contributed by atoms with Gasteiger partial charge in [-0.15, -0.1) is 0 Å². The van der Waals surface area contributed by atoms with Gasteiger partial charge in [0.05, 0.1) is 0 Å². The van der Waals surface area contributed by atoms with Crippen LogP contribution in [0.2, 0.25) is 0 Å². The maximum absolute atomic E-state index is 12.0. The molecule has 3 saturated carbocycles. The lowest BCUT2D eigenvalue weighted by Gasteiger charge is -2.56. The number of ether oxygens (including phenoxy) is 1. The van der Waals surface area contributed by atoms with E-state index in [1.54, 1.807) is 6.26 Å². The number of allylic oxidation sites excluding steroid dienone is 1. The van der Waals surface area contributed by atoms with Crippen LogP contribution >= 0.6 is 0 Å². The van der Waals surface area contributed by atoms with E-state index in [1.165, 1.54) is 37.7 Å². The normalized spacial score (nSPS) is 42.6. The lowest BCUT2D eigenvalue weighted by Crippen LogP contribution is -2.48. The first-order valence-corrected chi connectivity index (χ1v) is 10.4. The van der Waals surface area contributed by atoms with E-state index in [4.69, 9.17) is 10.00 Å². The van der Waals surface area contributed by atoms with Gasteiger partial charge >= 0.3 is 0 Å². The van der Waals surface area contributed by atoms with Crippen molar-refractivity contribution in [3.05, 3.63) is 11.6 Å². The van der Waals surface area contributed by atoms with Crippen LogP contribution in [0.5, 0.6) is 0 Å². The Balaban J connectivity index is 1.59. The van der Waals surface area contributed by atoms with E-state index in [2.05, 4.69) is 6.92 Å². The summed E-state index contributed by atoms with van der Waals surface area (Å²) >= 11 is 0. The van der Waals surface area contributed by atoms with E-state index >= 15 is 0 Å². The summed E-state index contributed by atoms with van der Waals surface area (Å²) in [7, 11) is 0. The molecule has 3 nitrogen and oxygen atoms in total. The summed E-state index contributed by atoms with van der Waals surface area (Å²) in [5.74, 6) is 4.22. The molecule has 0 radical (unpaired) electrons. The Morgan fingerprint density at radius 2 is 2.20 bits per heavy atom. The predicted molar refractivity (Wildman–Crippen MR) is 96.4 cm³/mol. The van der Waals surface area contributed by atoms with Crippen LogP contribution in [0.25, 0.3) is 0 Å². The fourth-order valence-corrected chi connectivity index (χ4v) is 7.13. The Morgan fingerprint density at radius 3 is 3.04 bits per heavy atom. The summed E-state index contributed by atoms with van der Waals surface area (Å²) in [5, 5.41) is 8.61. The SMILES string of the molecule is CC12CCCC1C1C(CCCOC#N)CC3=CC(=O)CCC3C1CC2. The highest BCUT2D eigenvalue weighted by atomic mass is 16.5. The molecule has 3 fully saturated rings. The number of fused-ring (bicyclic) bond motifs is 5. The van der Waals surface area contributed by atoms with Crippen LogP contribution in [0.4, 0.5) is 0 Å². The second kappa shape index (κ2) is 6.78. The molecule has 6 atom stereocenters. The zero-order valence-electron chi connectivity index (χ0n) is 15.5.